The molecule has 3 heteroatoms. The Labute approximate surface area is 72.7 Å². The Morgan fingerprint density at radius 1 is 1.58 bits per heavy atom. The quantitative estimate of drug-likeness (QED) is 0.631. The lowest BCUT2D eigenvalue weighted by Crippen LogP contribution is -2.24. The largest absolute Gasteiger partial charge is 0.466 e. The Morgan fingerprint density at radius 2 is 2.25 bits per heavy atom. The lowest BCUT2D eigenvalue weighted by atomic mass is 10.1. The topological polar surface area (TPSA) is 46.5 Å². The molecule has 0 saturated heterocycles. The average molecular weight is 172 g/mol. The zero-order valence-electron chi connectivity index (χ0n) is 7.62. The van der Waals surface area contributed by atoms with Crippen LogP contribution in [0, 0.1) is 11.8 Å². The summed E-state index contributed by atoms with van der Waals surface area (Å²) < 4.78 is 4.85. The molecule has 1 N–H and O–H groups in total. The fraction of sp³-hybridized carbons (Fsp3) is 0.889. The molecule has 0 aromatic rings. The molecule has 3 atom stereocenters. The third kappa shape index (κ3) is 1.97. The molecule has 1 aliphatic carbocycles. The van der Waals surface area contributed by atoms with Gasteiger partial charge in [-0.3, -0.25) is 4.79 Å². The molecule has 0 aliphatic heterocycles. The van der Waals surface area contributed by atoms with Crippen molar-refractivity contribution in [1.82, 2.24) is 0 Å². The number of aliphatic hydroxyl groups excluding tert-OH is 1. The number of hydrogen-bond acceptors (Lipinski definition) is 3. The molecule has 12 heavy (non-hydrogen) atoms. The molecule has 70 valence electrons. The van der Waals surface area contributed by atoms with E-state index in [2.05, 4.69) is 0 Å². The van der Waals surface area contributed by atoms with Crippen molar-refractivity contribution >= 4 is 5.97 Å². The second-order valence-corrected chi connectivity index (χ2v) is 3.50. The van der Waals surface area contributed by atoms with Crippen LogP contribution in [0.3, 0.4) is 0 Å². The molecule has 3 unspecified atom stereocenters. The van der Waals surface area contributed by atoms with Crippen LogP contribution < -0.4 is 0 Å². The number of aliphatic hydroxyl groups is 1. The highest BCUT2D eigenvalue weighted by molar-refractivity contribution is 5.73. The summed E-state index contributed by atoms with van der Waals surface area (Å²) in [5.41, 5.74) is 0. The molecule has 0 heterocycles. The van der Waals surface area contributed by atoms with E-state index in [1.54, 1.807) is 6.92 Å². The van der Waals surface area contributed by atoms with Crippen molar-refractivity contribution in [2.75, 3.05) is 6.61 Å². The zero-order valence-corrected chi connectivity index (χ0v) is 7.62. The highest BCUT2D eigenvalue weighted by Gasteiger charge is 2.36. The number of carbonyl (C=O) groups excluding carboxylic acids is 1. The monoisotopic (exact) mass is 172 g/mol. The van der Waals surface area contributed by atoms with Crippen LogP contribution in [-0.2, 0) is 9.53 Å². The zero-order chi connectivity index (χ0) is 9.14. The van der Waals surface area contributed by atoms with Gasteiger partial charge in [-0.2, -0.15) is 0 Å². The number of carbonyl (C=O) groups is 1. The standard InChI is InChI=1S/C9H16O3/c1-3-12-9(11)7-4-6(2)5-8(7)10/h6-8,10H,3-5H2,1-2H3. The normalized spacial score (nSPS) is 35.1. The fourth-order valence-electron chi connectivity index (χ4n) is 1.77. The van der Waals surface area contributed by atoms with Gasteiger partial charge in [0.05, 0.1) is 18.6 Å². The second-order valence-electron chi connectivity index (χ2n) is 3.50. The van der Waals surface area contributed by atoms with Gasteiger partial charge in [-0.15, -0.1) is 0 Å². The molecule has 0 spiro atoms. The lowest BCUT2D eigenvalue weighted by Gasteiger charge is -2.11. The van der Waals surface area contributed by atoms with E-state index >= 15 is 0 Å². The molecular weight excluding hydrogens is 156 g/mol. The summed E-state index contributed by atoms with van der Waals surface area (Å²) in [6.45, 7) is 4.22. The minimum atomic E-state index is -0.487. The maximum absolute atomic E-state index is 11.2. The minimum Gasteiger partial charge on any atom is -0.466 e. The molecule has 1 fully saturated rings. The summed E-state index contributed by atoms with van der Waals surface area (Å²) in [5, 5.41) is 9.46. The maximum atomic E-state index is 11.2. The van der Waals surface area contributed by atoms with Gasteiger partial charge in [0.15, 0.2) is 0 Å². The van der Waals surface area contributed by atoms with Crippen LogP contribution in [0.15, 0.2) is 0 Å². The summed E-state index contributed by atoms with van der Waals surface area (Å²) in [5.74, 6) is -0.0799. The van der Waals surface area contributed by atoms with E-state index in [0.29, 0.717) is 12.5 Å². The predicted molar refractivity (Wildman–Crippen MR) is 44.5 cm³/mol. The molecule has 1 rings (SSSR count). The van der Waals surface area contributed by atoms with Gasteiger partial charge in [-0.05, 0) is 25.7 Å². The first-order chi connectivity index (χ1) is 5.65. The molecule has 0 bridgehead atoms. The Morgan fingerprint density at radius 3 is 2.67 bits per heavy atom. The molecule has 1 saturated carbocycles. The molecule has 3 nitrogen and oxygen atoms in total. The summed E-state index contributed by atoms with van der Waals surface area (Å²) in [4.78, 5) is 11.2. The van der Waals surface area contributed by atoms with Crippen molar-refractivity contribution in [2.45, 2.75) is 32.8 Å². The highest BCUT2D eigenvalue weighted by atomic mass is 16.5. The summed E-state index contributed by atoms with van der Waals surface area (Å²) in [7, 11) is 0. The van der Waals surface area contributed by atoms with Gasteiger partial charge in [0, 0.05) is 0 Å². The van der Waals surface area contributed by atoms with E-state index in [0.717, 1.165) is 12.8 Å². The minimum absolute atomic E-state index is 0.241. The first-order valence-electron chi connectivity index (χ1n) is 4.49. The Kier molecular flexibility index (Phi) is 3.09. The predicted octanol–water partition coefficient (Wildman–Crippen LogP) is 0.956. The van der Waals surface area contributed by atoms with Gasteiger partial charge in [-0.1, -0.05) is 6.92 Å². The third-order valence-corrected chi connectivity index (χ3v) is 2.35. The molecule has 0 amide bonds. The maximum Gasteiger partial charge on any atom is 0.311 e. The number of rotatable bonds is 2. The van der Waals surface area contributed by atoms with Gasteiger partial charge < -0.3 is 9.84 Å². The van der Waals surface area contributed by atoms with Crippen molar-refractivity contribution in [3.63, 3.8) is 0 Å². The first-order valence-corrected chi connectivity index (χ1v) is 4.49. The van der Waals surface area contributed by atoms with Crippen LogP contribution in [0.5, 0.6) is 0 Å². The van der Waals surface area contributed by atoms with Gasteiger partial charge >= 0.3 is 5.97 Å². The van der Waals surface area contributed by atoms with E-state index in [1.807, 2.05) is 6.92 Å². The van der Waals surface area contributed by atoms with Crippen LogP contribution in [0.4, 0.5) is 0 Å². The summed E-state index contributed by atoms with van der Waals surface area (Å²) >= 11 is 0. The van der Waals surface area contributed by atoms with E-state index in [4.69, 9.17) is 4.74 Å². The van der Waals surface area contributed by atoms with E-state index in [-0.39, 0.29) is 11.9 Å². The van der Waals surface area contributed by atoms with Crippen molar-refractivity contribution in [1.29, 1.82) is 0 Å². The molecular formula is C9H16O3. The van der Waals surface area contributed by atoms with Gasteiger partial charge in [0.1, 0.15) is 0 Å². The second kappa shape index (κ2) is 3.90. The molecule has 1 aliphatic rings. The van der Waals surface area contributed by atoms with Crippen molar-refractivity contribution < 1.29 is 14.6 Å². The van der Waals surface area contributed by atoms with Gasteiger partial charge in [0.2, 0.25) is 0 Å². The smallest absolute Gasteiger partial charge is 0.311 e. The molecule has 0 radical (unpaired) electrons. The van der Waals surface area contributed by atoms with Crippen molar-refractivity contribution in [3.8, 4) is 0 Å². The summed E-state index contributed by atoms with van der Waals surface area (Å²) in [6, 6.07) is 0. The Hall–Kier alpha value is -0.570. The number of esters is 1. The SMILES string of the molecule is CCOC(=O)C1CC(C)CC1O. The molecule has 0 aromatic carbocycles. The van der Waals surface area contributed by atoms with E-state index in [1.165, 1.54) is 0 Å². The van der Waals surface area contributed by atoms with Crippen LogP contribution in [0.2, 0.25) is 0 Å². The Balaban J connectivity index is 2.46. The van der Waals surface area contributed by atoms with E-state index in [9.17, 15) is 9.90 Å². The lowest BCUT2D eigenvalue weighted by molar-refractivity contribution is -0.150. The fourth-order valence-corrected chi connectivity index (χ4v) is 1.77. The van der Waals surface area contributed by atoms with Crippen molar-refractivity contribution in [2.24, 2.45) is 11.8 Å². The summed E-state index contributed by atoms with van der Waals surface area (Å²) in [6.07, 6.45) is 1.00. The van der Waals surface area contributed by atoms with Gasteiger partial charge in [-0.25, -0.2) is 0 Å². The highest BCUT2D eigenvalue weighted by Crippen LogP contribution is 2.31. The number of hydrogen-bond donors (Lipinski definition) is 1. The van der Waals surface area contributed by atoms with Gasteiger partial charge in [0.25, 0.3) is 0 Å². The van der Waals surface area contributed by atoms with E-state index < -0.39 is 6.10 Å². The third-order valence-electron chi connectivity index (χ3n) is 2.35. The Bertz CT molecular complexity index is 167. The van der Waals surface area contributed by atoms with Crippen LogP contribution in [0.25, 0.3) is 0 Å². The van der Waals surface area contributed by atoms with Crippen LogP contribution in [-0.4, -0.2) is 23.8 Å². The average Bonchev–Trinajstić information content (AvgIpc) is 2.30. The van der Waals surface area contributed by atoms with Crippen molar-refractivity contribution in [3.05, 3.63) is 0 Å². The first kappa shape index (κ1) is 9.52. The number of ether oxygens (including phenoxy) is 1. The van der Waals surface area contributed by atoms with Crippen LogP contribution >= 0.6 is 0 Å². The molecule has 0 aromatic heterocycles. The van der Waals surface area contributed by atoms with Crippen LogP contribution in [0.1, 0.15) is 26.7 Å².